The molecule has 1 aliphatic carbocycles. The SMILES string of the molecule is CC(C)CCN(C1CC1)S(=O)(=O)CCCNC(C)C. The van der Waals surface area contributed by atoms with Crippen LogP contribution in [0.3, 0.4) is 0 Å². The third-order valence-corrected chi connectivity index (χ3v) is 5.37. The second-order valence-electron chi connectivity index (χ2n) is 6.30. The minimum atomic E-state index is -3.06. The van der Waals surface area contributed by atoms with Crippen molar-refractivity contribution >= 4 is 10.0 Å². The van der Waals surface area contributed by atoms with E-state index < -0.39 is 10.0 Å². The first-order chi connectivity index (χ1) is 8.83. The average molecular weight is 290 g/mol. The van der Waals surface area contributed by atoms with E-state index in [0.29, 0.717) is 31.0 Å². The van der Waals surface area contributed by atoms with Gasteiger partial charge in [0.25, 0.3) is 0 Å². The Labute approximate surface area is 119 Å². The lowest BCUT2D eigenvalue weighted by molar-refractivity contribution is 0.372. The number of hydrogen-bond donors (Lipinski definition) is 1. The summed E-state index contributed by atoms with van der Waals surface area (Å²) in [5, 5.41) is 3.27. The molecule has 0 atom stereocenters. The summed E-state index contributed by atoms with van der Waals surface area (Å²) < 4.78 is 26.5. The van der Waals surface area contributed by atoms with Gasteiger partial charge < -0.3 is 5.32 Å². The summed E-state index contributed by atoms with van der Waals surface area (Å²) >= 11 is 0. The van der Waals surface area contributed by atoms with Crippen molar-refractivity contribution in [2.45, 2.75) is 65.5 Å². The van der Waals surface area contributed by atoms with Crippen LogP contribution in [-0.4, -0.2) is 43.6 Å². The van der Waals surface area contributed by atoms with E-state index in [1.165, 1.54) is 0 Å². The van der Waals surface area contributed by atoms with E-state index in [9.17, 15) is 8.42 Å². The maximum atomic E-state index is 12.4. The van der Waals surface area contributed by atoms with Crippen molar-refractivity contribution in [2.75, 3.05) is 18.8 Å². The molecule has 4 nitrogen and oxygen atoms in total. The predicted molar refractivity (Wildman–Crippen MR) is 80.7 cm³/mol. The molecule has 5 heteroatoms. The topological polar surface area (TPSA) is 49.4 Å². The normalized spacial score (nSPS) is 16.8. The summed E-state index contributed by atoms with van der Waals surface area (Å²) in [5.41, 5.74) is 0. The van der Waals surface area contributed by atoms with E-state index in [-0.39, 0.29) is 5.75 Å². The van der Waals surface area contributed by atoms with Gasteiger partial charge in [0, 0.05) is 18.6 Å². The first-order valence-corrected chi connectivity index (χ1v) is 9.16. The third kappa shape index (κ3) is 6.72. The Balaban J connectivity index is 2.42. The molecule has 114 valence electrons. The molecule has 1 fully saturated rings. The third-order valence-electron chi connectivity index (χ3n) is 3.37. The number of hydrogen-bond acceptors (Lipinski definition) is 3. The summed E-state index contributed by atoms with van der Waals surface area (Å²) in [7, 11) is -3.06. The van der Waals surface area contributed by atoms with E-state index in [1.807, 2.05) is 0 Å². The summed E-state index contributed by atoms with van der Waals surface area (Å²) in [6, 6.07) is 0.713. The van der Waals surface area contributed by atoms with E-state index in [0.717, 1.165) is 25.8 Å². The number of sulfonamides is 1. The summed E-state index contributed by atoms with van der Waals surface area (Å²) in [6.45, 7) is 9.91. The average Bonchev–Trinajstić information content (AvgIpc) is 3.08. The van der Waals surface area contributed by atoms with Gasteiger partial charge in [-0.25, -0.2) is 8.42 Å². The summed E-state index contributed by atoms with van der Waals surface area (Å²) in [5.74, 6) is 0.834. The fourth-order valence-corrected chi connectivity index (χ4v) is 3.85. The van der Waals surface area contributed by atoms with Crippen molar-refractivity contribution in [1.29, 1.82) is 0 Å². The highest BCUT2D eigenvalue weighted by molar-refractivity contribution is 7.89. The van der Waals surface area contributed by atoms with Crippen LogP contribution in [0.15, 0.2) is 0 Å². The Kier molecular flexibility index (Phi) is 6.77. The highest BCUT2D eigenvalue weighted by atomic mass is 32.2. The van der Waals surface area contributed by atoms with Crippen molar-refractivity contribution in [2.24, 2.45) is 5.92 Å². The summed E-state index contributed by atoms with van der Waals surface area (Å²) in [4.78, 5) is 0. The number of nitrogens with one attached hydrogen (secondary N) is 1. The molecule has 0 spiro atoms. The maximum Gasteiger partial charge on any atom is 0.214 e. The molecule has 0 aromatic rings. The number of nitrogens with zero attached hydrogens (tertiary/aromatic N) is 1. The molecule has 0 heterocycles. The molecule has 1 rings (SSSR count). The van der Waals surface area contributed by atoms with E-state index in [1.54, 1.807) is 4.31 Å². The van der Waals surface area contributed by atoms with Crippen molar-refractivity contribution in [3.8, 4) is 0 Å². The Bertz CT molecular complexity index is 348. The van der Waals surface area contributed by atoms with E-state index in [4.69, 9.17) is 0 Å². The van der Waals surface area contributed by atoms with E-state index >= 15 is 0 Å². The maximum absolute atomic E-state index is 12.4. The molecule has 0 aromatic heterocycles. The molecule has 1 saturated carbocycles. The highest BCUT2D eigenvalue weighted by Crippen LogP contribution is 2.30. The Morgan fingerprint density at radius 2 is 1.84 bits per heavy atom. The van der Waals surface area contributed by atoms with Gasteiger partial charge in [0.2, 0.25) is 10.0 Å². The molecular formula is C14H30N2O2S. The Morgan fingerprint density at radius 3 is 2.32 bits per heavy atom. The summed E-state index contributed by atoms with van der Waals surface area (Å²) in [6.07, 6.45) is 3.74. The van der Waals surface area contributed by atoms with Gasteiger partial charge >= 0.3 is 0 Å². The van der Waals surface area contributed by atoms with Gasteiger partial charge in [-0.1, -0.05) is 27.7 Å². The van der Waals surface area contributed by atoms with Crippen molar-refractivity contribution in [3.05, 3.63) is 0 Å². The molecule has 0 amide bonds. The molecule has 0 aromatic carbocycles. The van der Waals surface area contributed by atoms with Gasteiger partial charge in [-0.2, -0.15) is 4.31 Å². The van der Waals surface area contributed by atoms with Crippen LogP contribution < -0.4 is 5.32 Å². The zero-order valence-electron chi connectivity index (χ0n) is 12.9. The Morgan fingerprint density at radius 1 is 1.21 bits per heavy atom. The minimum absolute atomic E-state index is 0.279. The van der Waals surface area contributed by atoms with Crippen LogP contribution in [0, 0.1) is 5.92 Å². The minimum Gasteiger partial charge on any atom is -0.314 e. The lowest BCUT2D eigenvalue weighted by Crippen LogP contribution is -2.37. The van der Waals surface area contributed by atoms with Gasteiger partial charge in [0.1, 0.15) is 0 Å². The molecule has 1 aliphatic rings. The first kappa shape index (κ1) is 16.9. The molecule has 0 radical (unpaired) electrons. The molecule has 0 saturated heterocycles. The zero-order valence-corrected chi connectivity index (χ0v) is 13.7. The molecule has 0 aliphatic heterocycles. The molecule has 19 heavy (non-hydrogen) atoms. The predicted octanol–water partition coefficient (Wildman–Crippen LogP) is 2.21. The van der Waals surface area contributed by atoms with Crippen LogP contribution in [-0.2, 0) is 10.0 Å². The van der Waals surface area contributed by atoms with Crippen molar-refractivity contribution in [1.82, 2.24) is 9.62 Å². The Hall–Kier alpha value is -0.130. The second-order valence-corrected chi connectivity index (χ2v) is 8.34. The van der Waals surface area contributed by atoms with Gasteiger partial charge in [0.15, 0.2) is 0 Å². The standard InChI is InChI=1S/C14H30N2O2S/c1-12(2)8-10-16(14-6-7-14)19(17,18)11-5-9-15-13(3)4/h12-15H,5-11H2,1-4H3. The van der Waals surface area contributed by atoms with Gasteiger partial charge in [-0.3, -0.25) is 0 Å². The lowest BCUT2D eigenvalue weighted by Gasteiger charge is -2.23. The van der Waals surface area contributed by atoms with Crippen LogP contribution in [0.1, 0.15) is 53.4 Å². The first-order valence-electron chi connectivity index (χ1n) is 7.56. The fraction of sp³-hybridized carbons (Fsp3) is 1.00. The second kappa shape index (κ2) is 7.60. The van der Waals surface area contributed by atoms with Gasteiger partial charge in [0.05, 0.1) is 5.75 Å². The van der Waals surface area contributed by atoms with Crippen LogP contribution in [0.5, 0.6) is 0 Å². The molecular weight excluding hydrogens is 260 g/mol. The van der Waals surface area contributed by atoms with Gasteiger partial charge in [-0.05, 0) is 38.1 Å². The van der Waals surface area contributed by atoms with Crippen LogP contribution in [0.4, 0.5) is 0 Å². The van der Waals surface area contributed by atoms with E-state index in [2.05, 4.69) is 33.0 Å². The zero-order chi connectivity index (χ0) is 14.5. The number of rotatable bonds is 10. The van der Waals surface area contributed by atoms with Crippen LogP contribution in [0.25, 0.3) is 0 Å². The quantitative estimate of drug-likeness (QED) is 0.628. The van der Waals surface area contributed by atoms with Gasteiger partial charge in [-0.15, -0.1) is 0 Å². The molecule has 0 bridgehead atoms. The smallest absolute Gasteiger partial charge is 0.214 e. The largest absolute Gasteiger partial charge is 0.314 e. The highest BCUT2D eigenvalue weighted by Gasteiger charge is 2.36. The van der Waals surface area contributed by atoms with Crippen LogP contribution >= 0.6 is 0 Å². The monoisotopic (exact) mass is 290 g/mol. The molecule has 0 unspecified atom stereocenters. The van der Waals surface area contributed by atoms with Crippen LogP contribution in [0.2, 0.25) is 0 Å². The lowest BCUT2D eigenvalue weighted by atomic mass is 10.1. The van der Waals surface area contributed by atoms with Crippen molar-refractivity contribution < 1.29 is 8.42 Å². The van der Waals surface area contributed by atoms with Crippen molar-refractivity contribution in [3.63, 3.8) is 0 Å². The fourth-order valence-electron chi connectivity index (χ4n) is 2.06. The molecule has 1 N–H and O–H groups in total.